The minimum absolute atomic E-state index is 0.284. The van der Waals surface area contributed by atoms with Crippen LogP contribution in [-0.4, -0.2) is 29.4 Å². The average molecular weight is 392 g/mol. The van der Waals surface area contributed by atoms with Crippen molar-refractivity contribution in [2.75, 3.05) is 24.9 Å². The summed E-state index contributed by atoms with van der Waals surface area (Å²) < 4.78 is 10.6. The van der Waals surface area contributed by atoms with E-state index in [0.29, 0.717) is 38.7 Å². The first kappa shape index (κ1) is 18.0. The highest BCUT2D eigenvalue weighted by molar-refractivity contribution is 6.36. The third kappa shape index (κ3) is 4.25. The summed E-state index contributed by atoms with van der Waals surface area (Å²) in [6.45, 7) is 0. The van der Waals surface area contributed by atoms with E-state index in [1.165, 1.54) is 6.20 Å². The molecule has 0 unspecified atom stereocenters. The zero-order valence-electron chi connectivity index (χ0n) is 14.0. The average Bonchev–Trinajstić information content (AvgIpc) is 2.65. The summed E-state index contributed by atoms with van der Waals surface area (Å²) in [6, 6.07) is 10.5. The van der Waals surface area contributed by atoms with Crippen LogP contribution in [0.1, 0.15) is 0 Å². The third-order valence-electron chi connectivity index (χ3n) is 3.41. The molecular formula is C17H15Cl2N5O2. The zero-order chi connectivity index (χ0) is 18.5. The lowest BCUT2D eigenvalue weighted by molar-refractivity contribution is 0.395. The molecule has 3 rings (SSSR count). The fraction of sp³-hybridized carbons (Fsp3) is 0.118. The molecule has 0 atom stereocenters. The summed E-state index contributed by atoms with van der Waals surface area (Å²) in [7, 11) is 3.17. The number of benzene rings is 2. The molecular weight excluding hydrogens is 377 g/mol. The van der Waals surface area contributed by atoms with Gasteiger partial charge in [-0.3, -0.25) is 0 Å². The number of nitrogens with one attached hydrogen (secondary N) is 2. The predicted octanol–water partition coefficient (Wildman–Crippen LogP) is 4.68. The highest BCUT2D eigenvalue weighted by Crippen LogP contribution is 2.31. The molecule has 0 aliphatic carbocycles. The van der Waals surface area contributed by atoms with Gasteiger partial charge in [-0.1, -0.05) is 23.2 Å². The Bertz CT molecular complexity index is 923. The summed E-state index contributed by atoms with van der Waals surface area (Å²) in [5.41, 5.74) is 1.33. The third-order valence-corrected chi connectivity index (χ3v) is 3.96. The first-order valence-electron chi connectivity index (χ1n) is 7.50. The fourth-order valence-electron chi connectivity index (χ4n) is 2.17. The number of halogens is 2. The van der Waals surface area contributed by atoms with E-state index in [4.69, 9.17) is 32.7 Å². The Balaban J connectivity index is 1.81. The topological polar surface area (TPSA) is 81.2 Å². The summed E-state index contributed by atoms with van der Waals surface area (Å²) >= 11 is 12.0. The van der Waals surface area contributed by atoms with Crippen molar-refractivity contribution >= 4 is 46.3 Å². The second-order valence-electron chi connectivity index (χ2n) is 5.11. The molecule has 2 N–H and O–H groups in total. The van der Waals surface area contributed by atoms with Crippen molar-refractivity contribution in [2.45, 2.75) is 0 Å². The van der Waals surface area contributed by atoms with E-state index in [9.17, 15) is 0 Å². The minimum Gasteiger partial charge on any atom is -0.497 e. The van der Waals surface area contributed by atoms with Gasteiger partial charge in [-0.2, -0.15) is 10.1 Å². The van der Waals surface area contributed by atoms with Gasteiger partial charge in [0.1, 0.15) is 11.5 Å². The van der Waals surface area contributed by atoms with Crippen molar-refractivity contribution in [1.29, 1.82) is 0 Å². The molecule has 0 spiro atoms. The van der Waals surface area contributed by atoms with Gasteiger partial charge in [-0.05, 0) is 30.3 Å². The largest absolute Gasteiger partial charge is 0.497 e. The van der Waals surface area contributed by atoms with Crippen LogP contribution >= 0.6 is 23.2 Å². The van der Waals surface area contributed by atoms with E-state index >= 15 is 0 Å². The van der Waals surface area contributed by atoms with Crippen molar-refractivity contribution in [3.8, 4) is 11.5 Å². The maximum absolute atomic E-state index is 6.15. The lowest BCUT2D eigenvalue weighted by Gasteiger charge is -2.12. The monoisotopic (exact) mass is 391 g/mol. The van der Waals surface area contributed by atoms with Crippen molar-refractivity contribution < 1.29 is 9.47 Å². The Labute approximate surface area is 160 Å². The molecule has 1 aromatic heterocycles. The maximum atomic E-state index is 6.15. The molecule has 3 aromatic rings. The van der Waals surface area contributed by atoms with Crippen molar-refractivity contribution in [1.82, 2.24) is 15.2 Å². The number of aromatic nitrogens is 3. The Morgan fingerprint density at radius 1 is 0.923 bits per heavy atom. The van der Waals surface area contributed by atoms with Crippen LogP contribution in [0.4, 0.5) is 23.1 Å². The van der Waals surface area contributed by atoms with Gasteiger partial charge in [0, 0.05) is 11.1 Å². The number of hydrogen-bond donors (Lipinski definition) is 2. The van der Waals surface area contributed by atoms with Crippen LogP contribution in [0.25, 0.3) is 0 Å². The number of nitrogens with zero attached hydrogens (tertiary/aromatic N) is 3. The highest BCUT2D eigenvalue weighted by Gasteiger charge is 2.09. The Morgan fingerprint density at radius 2 is 1.73 bits per heavy atom. The standard InChI is InChI=1S/C17H15Cl2N5O2/c1-25-11-4-6-14(15(8-11)26-2)21-16-9-20-24-17(23-16)22-13-5-3-10(18)7-12(13)19/h3-9H,1-2H3,(H2,21,22,23,24). The fourth-order valence-corrected chi connectivity index (χ4v) is 2.62. The van der Waals surface area contributed by atoms with Crippen LogP contribution in [0, 0.1) is 0 Å². The molecule has 0 saturated carbocycles. The van der Waals surface area contributed by atoms with E-state index in [-0.39, 0.29) is 5.95 Å². The summed E-state index contributed by atoms with van der Waals surface area (Å²) in [5.74, 6) is 2.06. The van der Waals surface area contributed by atoms with E-state index < -0.39 is 0 Å². The van der Waals surface area contributed by atoms with E-state index in [0.717, 1.165) is 0 Å². The molecule has 7 nitrogen and oxygen atoms in total. The van der Waals surface area contributed by atoms with Gasteiger partial charge < -0.3 is 20.1 Å². The van der Waals surface area contributed by atoms with Gasteiger partial charge in [0.25, 0.3) is 0 Å². The molecule has 1 heterocycles. The molecule has 2 aromatic carbocycles. The molecule has 0 bridgehead atoms. The van der Waals surface area contributed by atoms with E-state index in [1.54, 1.807) is 38.5 Å². The zero-order valence-corrected chi connectivity index (χ0v) is 15.5. The van der Waals surface area contributed by atoms with E-state index in [1.807, 2.05) is 12.1 Å². The number of rotatable bonds is 6. The van der Waals surface area contributed by atoms with Gasteiger partial charge in [-0.15, -0.1) is 5.10 Å². The molecule has 0 saturated heterocycles. The number of methoxy groups -OCH3 is 2. The molecule has 134 valence electrons. The van der Waals surface area contributed by atoms with Gasteiger partial charge >= 0.3 is 0 Å². The van der Waals surface area contributed by atoms with Crippen molar-refractivity contribution in [3.63, 3.8) is 0 Å². The lowest BCUT2D eigenvalue weighted by atomic mass is 10.2. The van der Waals surface area contributed by atoms with Gasteiger partial charge in [0.15, 0.2) is 5.82 Å². The van der Waals surface area contributed by atoms with Crippen molar-refractivity contribution in [2.24, 2.45) is 0 Å². The summed E-state index contributed by atoms with van der Waals surface area (Å²) in [5, 5.41) is 15.0. The molecule has 0 aliphatic rings. The Morgan fingerprint density at radius 3 is 2.46 bits per heavy atom. The minimum atomic E-state index is 0.284. The second-order valence-corrected chi connectivity index (χ2v) is 5.95. The lowest BCUT2D eigenvalue weighted by Crippen LogP contribution is -2.03. The van der Waals surface area contributed by atoms with Gasteiger partial charge in [0.2, 0.25) is 5.95 Å². The van der Waals surface area contributed by atoms with Crippen LogP contribution in [0.5, 0.6) is 11.5 Å². The Kier molecular flexibility index (Phi) is 5.60. The van der Waals surface area contributed by atoms with Gasteiger partial charge in [-0.25, -0.2) is 0 Å². The van der Waals surface area contributed by atoms with E-state index in [2.05, 4.69) is 25.8 Å². The predicted molar refractivity (Wildman–Crippen MR) is 102 cm³/mol. The normalized spacial score (nSPS) is 10.3. The molecule has 9 heteroatoms. The smallest absolute Gasteiger partial charge is 0.249 e. The number of anilines is 4. The van der Waals surface area contributed by atoms with Crippen LogP contribution in [0.3, 0.4) is 0 Å². The van der Waals surface area contributed by atoms with Gasteiger partial charge in [0.05, 0.1) is 36.8 Å². The number of ether oxygens (including phenoxy) is 2. The first-order chi connectivity index (χ1) is 12.6. The van der Waals surface area contributed by atoms with Crippen LogP contribution in [0.2, 0.25) is 10.0 Å². The first-order valence-corrected chi connectivity index (χ1v) is 8.25. The quantitative estimate of drug-likeness (QED) is 0.630. The number of hydrogen-bond acceptors (Lipinski definition) is 7. The molecule has 26 heavy (non-hydrogen) atoms. The summed E-state index contributed by atoms with van der Waals surface area (Å²) in [6.07, 6.45) is 1.50. The SMILES string of the molecule is COc1ccc(Nc2cnnc(Nc3ccc(Cl)cc3Cl)n2)c(OC)c1. The van der Waals surface area contributed by atoms with Crippen molar-refractivity contribution in [3.05, 3.63) is 52.6 Å². The van der Waals surface area contributed by atoms with Crippen LogP contribution in [0.15, 0.2) is 42.6 Å². The van der Waals surface area contributed by atoms with Crippen LogP contribution < -0.4 is 20.1 Å². The molecule has 0 aliphatic heterocycles. The highest BCUT2D eigenvalue weighted by atomic mass is 35.5. The Hall–Kier alpha value is -2.77. The molecule has 0 fully saturated rings. The maximum Gasteiger partial charge on any atom is 0.249 e. The molecule has 0 radical (unpaired) electrons. The molecule has 0 amide bonds. The summed E-state index contributed by atoms with van der Waals surface area (Å²) in [4.78, 5) is 4.37. The van der Waals surface area contributed by atoms with Crippen LogP contribution in [-0.2, 0) is 0 Å². The second kappa shape index (κ2) is 8.07.